The van der Waals surface area contributed by atoms with Crippen molar-refractivity contribution in [2.75, 3.05) is 13.7 Å². The minimum absolute atomic E-state index is 0.771. The molecular weight excluding hydrogens is 288 g/mol. The normalized spacial score (nSPS) is 10.9. The zero-order chi connectivity index (χ0) is 16.3. The van der Waals surface area contributed by atoms with Gasteiger partial charge in [0.2, 0.25) is 0 Å². The fourth-order valence-corrected chi connectivity index (χ4v) is 2.09. The van der Waals surface area contributed by atoms with Crippen LogP contribution in [-0.4, -0.2) is 13.7 Å². The van der Waals surface area contributed by atoms with Crippen molar-refractivity contribution in [2.45, 2.75) is 32.6 Å². The summed E-state index contributed by atoms with van der Waals surface area (Å²) in [7, 11) is 1.64. The second-order valence-electron chi connectivity index (χ2n) is 5.30. The molecule has 0 unspecified atom stereocenters. The standard InChI is InChI=1S/C19H24N2O2/c1-3-4-5-6-15-23-19-13-9-17(10-14-19)21-20-16-7-11-18(22-2)12-8-16/h7-14H,3-6,15H2,1-2H3. The largest absolute Gasteiger partial charge is 0.497 e. The molecule has 0 aromatic heterocycles. The van der Waals surface area contributed by atoms with Gasteiger partial charge in [0, 0.05) is 0 Å². The van der Waals surface area contributed by atoms with E-state index in [1.54, 1.807) is 7.11 Å². The van der Waals surface area contributed by atoms with E-state index in [0.29, 0.717) is 0 Å². The number of hydrogen-bond donors (Lipinski definition) is 0. The van der Waals surface area contributed by atoms with Crippen molar-refractivity contribution in [1.29, 1.82) is 0 Å². The summed E-state index contributed by atoms with van der Waals surface area (Å²) in [6, 6.07) is 15.2. The Bertz CT molecular complexity index is 592. The smallest absolute Gasteiger partial charge is 0.119 e. The van der Waals surface area contributed by atoms with Crippen molar-refractivity contribution in [3.8, 4) is 11.5 Å². The van der Waals surface area contributed by atoms with Gasteiger partial charge in [0.25, 0.3) is 0 Å². The number of rotatable bonds is 9. The first-order valence-corrected chi connectivity index (χ1v) is 8.10. The van der Waals surface area contributed by atoms with Crippen LogP contribution in [-0.2, 0) is 0 Å². The first kappa shape index (κ1) is 17.0. The van der Waals surface area contributed by atoms with Crippen LogP contribution in [0.25, 0.3) is 0 Å². The number of nitrogens with zero attached hydrogens (tertiary/aromatic N) is 2. The van der Waals surface area contributed by atoms with Crippen LogP contribution < -0.4 is 9.47 Å². The molecule has 0 heterocycles. The lowest BCUT2D eigenvalue weighted by atomic mass is 10.2. The van der Waals surface area contributed by atoms with Gasteiger partial charge in [-0.2, -0.15) is 10.2 Å². The van der Waals surface area contributed by atoms with Crippen LogP contribution in [0.1, 0.15) is 32.6 Å². The van der Waals surface area contributed by atoms with Crippen molar-refractivity contribution in [1.82, 2.24) is 0 Å². The lowest BCUT2D eigenvalue weighted by molar-refractivity contribution is 0.305. The van der Waals surface area contributed by atoms with E-state index in [0.717, 1.165) is 35.9 Å². The van der Waals surface area contributed by atoms with E-state index >= 15 is 0 Å². The second kappa shape index (κ2) is 9.62. The average molecular weight is 312 g/mol. The molecule has 0 saturated carbocycles. The van der Waals surface area contributed by atoms with Crippen LogP contribution >= 0.6 is 0 Å². The third kappa shape index (κ3) is 6.10. The highest BCUT2D eigenvalue weighted by Crippen LogP contribution is 2.23. The van der Waals surface area contributed by atoms with Crippen molar-refractivity contribution in [3.63, 3.8) is 0 Å². The van der Waals surface area contributed by atoms with Gasteiger partial charge >= 0.3 is 0 Å². The minimum atomic E-state index is 0.771. The zero-order valence-corrected chi connectivity index (χ0v) is 13.9. The molecule has 0 amide bonds. The predicted octanol–water partition coefficient (Wildman–Crippen LogP) is 6.07. The Morgan fingerprint density at radius 2 is 1.30 bits per heavy atom. The van der Waals surface area contributed by atoms with Crippen LogP contribution in [0.4, 0.5) is 11.4 Å². The molecule has 4 nitrogen and oxygen atoms in total. The van der Waals surface area contributed by atoms with Gasteiger partial charge in [-0.05, 0) is 55.0 Å². The molecule has 0 aliphatic heterocycles. The summed E-state index contributed by atoms with van der Waals surface area (Å²) < 4.78 is 10.8. The summed E-state index contributed by atoms with van der Waals surface area (Å²) in [5.41, 5.74) is 1.60. The number of methoxy groups -OCH3 is 1. The number of azo groups is 1. The molecule has 0 radical (unpaired) electrons. The predicted molar refractivity (Wildman–Crippen MR) is 93.2 cm³/mol. The highest BCUT2D eigenvalue weighted by atomic mass is 16.5. The Kier molecular flexibility index (Phi) is 7.11. The highest BCUT2D eigenvalue weighted by Gasteiger charge is 1.96. The molecule has 122 valence electrons. The molecule has 2 rings (SSSR count). The highest BCUT2D eigenvalue weighted by molar-refractivity contribution is 5.44. The summed E-state index contributed by atoms with van der Waals surface area (Å²) >= 11 is 0. The van der Waals surface area contributed by atoms with Gasteiger partial charge in [0.15, 0.2) is 0 Å². The number of benzene rings is 2. The minimum Gasteiger partial charge on any atom is -0.497 e. The first-order chi connectivity index (χ1) is 11.3. The maximum atomic E-state index is 5.71. The van der Waals surface area contributed by atoms with Gasteiger partial charge in [-0.25, -0.2) is 0 Å². The maximum Gasteiger partial charge on any atom is 0.119 e. The van der Waals surface area contributed by atoms with Crippen LogP contribution in [0.2, 0.25) is 0 Å². The summed E-state index contributed by atoms with van der Waals surface area (Å²) in [4.78, 5) is 0. The van der Waals surface area contributed by atoms with Gasteiger partial charge in [-0.15, -0.1) is 0 Å². The Hall–Kier alpha value is -2.36. The average Bonchev–Trinajstić information content (AvgIpc) is 2.61. The molecule has 0 aliphatic carbocycles. The SMILES string of the molecule is CCCCCCOc1ccc(N=Nc2ccc(OC)cc2)cc1. The van der Waals surface area contributed by atoms with Crippen molar-refractivity contribution >= 4 is 11.4 Å². The van der Waals surface area contributed by atoms with Gasteiger partial charge < -0.3 is 9.47 Å². The quantitative estimate of drug-likeness (QED) is 0.416. The monoisotopic (exact) mass is 312 g/mol. The molecule has 0 spiro atoms. The van der Waals surface area contributed by atoms with E-state index < -0.39 is 0 Å². The number of ether oxygens (including phenoxy) is 2. The molecule has 4 heteroatoms. The number of hydrogen-bond acceptors (Lipinski definition) is 4. The Morgan fingerprint density at radius 1 is 0.739 bits per heavy atom. The van der Waals surface area contributed by atoms with Crippen LogP contribution in [0.3, 0.4) is 0 Å². The molecule has 2 aromatic rings. The molecule has 0 bridgehead atoms. The third-order valence-electron chi connectivity index (χ3n) is 3.46. The molecule has 0 fully saturated rings. The van der Waals surface area contributed by atoms with Crippen LogP contribution in [0.5, 0.6) is 11.5 Å². The zero-order valence-electron chi connectivity index (χ0n) is 13.9. The molecule has 0 atom stereocenters. The lowest BCUT2D eigenvalue weighted by Gasteiger charge is -2.05. The maximum absolute atomic E-state index is 5.71. The molecule has 2 aromatic carbocycles. The second-order valence-corrected chi connectivity index (χ2v) is 5.30. The van der Waals surface area contributed by atoms with Crippen molar-refractivity contribution in [2.24, 2.45) is 10.2 Å². The first-order valence-electron chi connectivity index (χ1n) is 8.10. The van der Waals surface area contributed by atoms with E-state index in [-0.39, 0.29) is 0 Å². The van der Waals surface area contributed by atoms with Gasteiger partial charge in [0.05, 0.1) is 25.1 Å². The molecule has 0 saturated heterocycles. The Morgan fingerprint density at radius 3 is 1.83 bits per heavy atom. The Labute approximate surface area is 138 Å². The van der Waals surface area contributed by atoms with Crippen LogP contribution in [0.15, 0.2) is 58.8 Å². The molecular formula is C19H24N2O2. The topological polar surface area (TPSA) is 43.2 Å². The third-order valence-corrected chi connectivity index (χ3v) is 3.46. The molecule has 0 aliphatic rings. The fourth-order valence-electron chi connectivity index (χ4n) is 2.09. The molecule has 23 heavy (non-hydrogen) atoms. The van der Waals surface area contributed by atoms with E-state index in [9.17, 15) is 0 Å². The van der Waals surface area contributed by atoms with Crippen molar-refractivity contribution < 1.29 is 9.47 Å². The number of unbranched alkanes of at least 4 members (excludes halogenated alkanes) is 3. The van der Waals surface area contributed by atoms with E-state index in [1.807, 2.05) is 48.5 Å². The summed E-state index contributed by atoms with van der Waals surface area (Å²) in [6.45, 7) is 2.98. The Balaban J connectivity index is 1.82. The lowest BCUT2D eigenvalue weighted by Crippen LogP contribution is -1.96. The van der Waals surface area contributed by atoms with E-state index in [2.05, 4.69) is 17.2 Å². The molecule has 0 N–H and O–H groups in total. The summed E-state index contributed by atoms with van der Waals surface area (Å²) in [6.07, 6.45) is 4.85. The fraction of sp³-hybridized carbons (Fsp3) is 0.368. The summed E-state index contributed by atoms with van der Waals surface area (Å²) in [5.74, 6) is 1.69. The van der Waals surface area contributed by atoms with E-state index in [1.165, 1.54) is 19.3 Å². The van der Waals surface area contributed by atoms with Gasteiger partial charge in [-0.3, -0.25) is 0 Å². The van der Waals surface area contributed by atoms with Gasteiger partial charge in [-0.1, -0.05) is 26.2 Å². The van der Waals surface area contributed by atoms with Crippen molar-refractivity contribution in [3.05, 3.63) is 48.5 Å². The summed E-state index contributed by atoms with van der Waals surface area (Å²) in [5, 5.41) is 8.43. The van der Waals surface area contributed by atoms with Crippen LogP contribution in [0, 0.1) is 0 Å². The van der Waals surface area contributed by atoms with Gasteiger partial charge in [0.1, 0.15) is 11.5 Å². The van der Waals surface area contributed by atoms with E-state index in [4.69, 9.17) is 9.47 Å².